The van der Waals surface area contributed by atoms with Crippen LogP contribution in [0.5, 0.6) is 0 Å². The third-order valence-electron chi connectivity index (χ3n) is 2.49. The number of benzene rings is 1. The fraction of sp³-hybridized carbons (Fsp3) is 0.182. The number of rotatable bonds is 5. The van der Waals surface area contributed by atoms with E-state index in [1.165, 1.54) is 18.2 Å². The number of hydrogen-bond donors (Lipinski definition) is 4. The largest absolute Gasteiger partial charge is 0.327 e. The Morgan fingerprint density at radius 3 is 2.68 bits per heavy atom. The Balaban J connectivity index is 2.27. The van der Waals surface area contributed by atoms with Crippen LogP contribution in [0.15, 0.2) is 40.0 Å². The highest BCUT2D eigenvalue weighted by atomic mass is 32.2. The van der Waals surface area contributed by atoms with E-state index in [1.807, 2.05) is 0 Å². The Bertz CT molecular complexity index is 758. The summed E-state index contributed by atoms with van der Waals surface area (Å²) in [5.74, 6) is 0. The van der Waals surface area contributed by atoms with Crippen LogP contribution in [0.3, 0.4) is 0 Å². The van der Waals surface area contributed by atoms with Crippen molar-refractivity contribution >= 4 is 21.1 Å². The highest BCUT2D eigenvalue weighted by molar-refractivity contribution is 7.89. The van der Waals surface area contributed by atoms with Gasteiger partial charge >= 0.3 is 5.69 Å². The van der Waals surface area contributed by atoms with Gasteiger partial charge in [0.25, 0.3) is 0 Å². The minimum Gasteiger partial charge on any atom is -0.327 e. The maximum absolute atomic E-state index is 12.0. The molecule has 0 fully saturated rings. The van der Waals surface area contributed by atoms with E-state index < -0.39 is 10.0 Å². The molecular formula is C11H14N4O3S. The minimum absolute atomic E-state index is 0.0939. The molecule has 0 amide bonds. The molecule has 19 heavy (non-hydrogen) atoms. The third kappa shape index (κ3) is 3.11. The lowest BCUT2D eigenvalue weighted by Gasteiger charge is -2.04. The van der Waals surface area contributed by atoms with Crippen LogP contribution in [0, 0.1) is 0 Å². The van der Waals surface area contributed by atoms with Gasteiger partial charge in [0.1, 0.15) is 0 Å². The van der Waals surface area contributed by atoms with E-state index in [1.54, 1.807) is 12.2 Å². The number of aromatic nitrogens is 2. The van der Waals surface area contributed by atoms with Crippen LogP contribution in [-0.2, 0) is 10.0 Å². The minimum atomic E-state index is -3.60. The SMILES string of the molecule is NC/C=C/CNS(=O)(=O)c1ccc2[nH]c(=O)[nH]c2c1. The molecule has 0 atom stereocenters. The Morgan fingerprint density at radius 2 is 1.95 bits per heavy atom. The van der Waals surface area contributed by atoms with Gasteiger partial charge in [0.15, 0.2) is 0 Å². The fourth-order valence-electron chi connectivity index (χ4n) is 1.60. The van der Waals surface area contributed by atoms with Gasteiger partial charge in [0, 0.05) is 13.1 Å². The quantitative estimate of drug-likeness (QED) is 0.560. The van der Waals surface area contributed by atoms with Gasteiger partial charge in [-0.3, -0.25) is 0 Å². The number of sulfonamides is 1. The summed E-state index contributed by atoms with van der Waals surface area (Å²) in [4.78, 5) is 16.2. The molecule has 0 unspecified atom stereocenters. The zero-order chi connectivity index (χ0) is 13.9. The second-order valence-electron chi connectivity index (χ2n) is 3.85. The molecule has 0 bridgehead atoms. The molecule has 1 aromatic carbocycles. The number of nitrogens with two attached hydrogens (primary N) is 1. The molecule has 7 nitrogen and oxygen atoms in total. The summed E-state index contributed by atoms with van der Waals surface area (Å²) in [6, 6.07) is 4.38. The number of nitrogens with one attached hydrogen (secondary N) is 3. The topological polar surface area (TPSA) is 121 Å². The first-order valence-corrected chi connectivity index (χ1v) is 7.08. The second kappa shape index (κ2) is 5.39. The number of imidazole rings is 1. The van der Waals surface area contributed by atoms with Gasteiger partial charge in [-0.1, -0.05) is 12.2 Å². The van der Waals surface area contributed by atoms with Crippen molar-refractivity contribution in [1.82, 2.24) is 14.7 Å². The average molecular weight is 282 g/mol. The third-order valence-corrected chi connectivity index (χ3v) is 3.91. The highest BCUT2D eigenvalue weighted by Crippen LogP contribution is 2.14. The molecule has 0 aliphatic rings. The maximum Gasteiger partial charge on any atom is 0.323 e. The van der Waals surface area contributed by atoms with Crippen LogP contribution >= 0.6 is 0 Å². The summed E-state index contributed by atoms with van der Waals surface area (Å²) in [5.41, 5.74) is 5.89. The molecule has 0 spiro atoms. The summed E-state index contributed by atoms with van der Waals surface area (Å²) < 4.78 is 26.3. The lowest BCUT2D eigenvalue weighted by Crippen LogP contribution is -2.23. The molecule has 0 saturated heterocycles. The van der Waals surface area contributed by atoms with E-state index >= 15 is 0 Å². The first kappa shape index (κ1) is 13.5. The van der Waals surface area contributed by atoms with E-state index in [-0.39, 0.29) is 17.1 Å². The van der Waals surface area contributed by atoms with Crippen LogP contribution in [0.4, 0.5) is 0 Å². The molecular weight excluding hydrogens is 268 g/mol. The van der Waals surface area contributed by atoms with Crippen molar-refractivity contribution in [2.75, 3.05) is 13.1 Å². The number of hydrogen-bond acceptors (Lipinski definition) is 4. The maximum atomic E-state index is 12.0. The lowest BCUT2D eigenvalue weighted by molar-refractivity contribution is 0.585. The molecule has 0 aliphatic carbocycles. The van der Waals surface area contributed by atoms with Crippen molar-refractivity contribution in [3.05, 3.63) is 40.8 Å². The van der Waals surface area contributed by atoms with Crippen LogP contribution < -0.4 is 16.1 Å². The molecule has 0 radical (unpaired) electrons. The first-order valence-electron chi connectivity index (χ1n) is 5.60. The van der Waals surface area contributed by atoms with Crippen molar-refractivity contribution < 1.29 is 8.42 Å². The predicted molar refractivity (Wildman–Crippen MR) is 72.3 cm³/mol. The molecule has 0 aliphatic heterocycles. The van der Waals surface area contributed by atoms with Gasteiger partial charge < -0.3 is 15.7 Å². The summed E-state index contributed by atoms with van der Waals surface area (Å²) >= 11 is 0. The van der Waals surface area contributed by atoms with Crippen LogP contribution in [-0.4, -0.2) is 31.5 Å². The zero-order valence-corrected chi connectivity index (χ0v) is 10.8. The van der Waals surface area contributed by atoms with Gasteiger partial charge in [-0.15, -0.1) is 0 Å². The van der Waals surface area contributed by atoms with E-state index in [0.29, 0.717) is 17.6 Å². The predicted octanol–water partition coefficient (Wildman–Crippen LogP) is -0.351. The first-order chi connectivity index (χ1) is 9.03. The van der Waals surface area contributed by atoms with Gasteiger partial charge in [-0.05, 0) is 18.2 Å². The second-order valence-corrected chi connectivity index (χ2v) is 5.61. The summed E-state index contributed by atoms with van der Waals surface area (Å²) in [5, 5.41) is 0. The Labute approximate surface area is 109 Å². The summed E-state index contributed by atoms with van der Waals surface area (Å²) in [6.45, 7) is 0.527. The van der Waals surface area contributed by atoms with Gasteiger partial charge in [-0.2, -0.15) is 0 Å². The van der Waals surface area contributed by atoms with Crippen LogP contribution in [0.1, 0.15) is 0 Å². The molecule has 1 heterocycles. The Hall–Kier alpha value is -1.90. The number of fused-ring (bicyclic) bond motifs is 1. The van der Waals surface area contributed by atoms with E-state index in [9.17, 15) is 13.2 Å². The molecule has 5 N–H and O–H groups in total. The van der Waals surface area contributed by atoms with Crippen molar-refractivity contribution in [2.45, 2.75) is 4.90 Å². The van der Waals surface area contributed by atoms with E-state index in [4.69, 9.17) is 5.73 Å². The summed E-state index contributed by atoms with van der Waals surface area (Å²) in [7, 11) is -3.60. The zero-order valence-electron chi connectivity index (χ0n) is 10.0. The molecule has 8 heteroatoms. The monoisotopic (exact) mass is 282 g/mol. The number of aromatic amines is 2. The standard InChI is InChI=1S/C11H14N4O3S/c12-5-1-2-6-13-19(17,18)8-3-4-9-10(7-8)15-11(16)14-9/h1-4,7,13H,5-6,12H2,(H2,14,15,16)/b2-1+. The average Bonchev–Trinajstić information content (AvgIpc) is 2.73. The van der Waals surface area contributed by atoms with Crippen molar-refractivity contribution in [3.63, 3.8) is 0 Å². The van der Waals surface area contributed by atoms with Gasteiger partial charge in [0.05, 0.1) is 15.9 Å². The fourth-order valence-corrected chi connectivity index (χ4v) is 2.60. The van der Waals surface area contributed by atoms with Crippen molar-refractivity contribution in [2.24, 2.45) is 5.73 Å². The van der Waals surface area contributed by atoms with E-state index in [0.717, 1.165) is 0 Å². The lowest BCUT2D eigenvalue weighted by atomic mass is 10.3. The van der Waals surface area contributed by atoms with Crippen molar-refractivity contribution in [3.8, 4) is 0 Å². The smallest absolute Gasteiger partial charge is 0.323 e. The summed E-state index contributed by atoms with van der Waals surface area (Å²) in [6.07, 6.45) is 3.30. The molecule has 102 valence electrons. The molecule has 2 rings (SSSR count). The normalized spacial score (nSPS) is 12.5. The van der Waals surface area contributed by atoms with Crippen molar-refractivity contribution in [1.29, 1.82) is 0 Å². The molecule has 2 aromatic rings. The van der Waals surface area contributed by atoms with Gasteiger partial charge in [0.2, 0.25) is 10.0 Å². The highest BCUT2D eigenvalue weighted by Gasteiger charge is 2.13. The Morgan fingerprint density at radius 1 is 1.21 bits per heavy atom. The van der Waals surface area contributed by atoms with E-state index in [2.05, 4.69) is 14.7 Å². The molecule has 1 aromatic heterocycles. The number of H-pyrrole nitrogens is 2. The molecule has 0 saturated carbocycles. The van der Waals surface area contributed by atoms with Crippen LogP contribution in [0.2, 0.25) is 0 Å². The Kier molecular flexibility index (Phi) is 3.84. The van der Waals surface area contributed by atoms with Crippen LogP contribution in [0.25, 0.3) is 11.0 Å². The van der Waals surface area contributed by atoms with Gasteiger partial charge in [-0.25, -0.2) is 17.9 Å².